The predicted molar refractivity (Wildman–Crippen MR) is 240 cm³/mol. The van der Waals surface area contributed by atoms with Crippen LogP contribution in [0.15, 0.2) is 95.7 Å². The van der Waals surface area contributed by atoms with Gasteiger partial charge in [-0.05, 0) is 105 Å². The van der Waals surface area contributed by atoms with Crippen LogP contribution in [0.25, 0.3) is 55.6 Å². The molecule has 0 amide bonds. The Morgan fingerprint density at radius 2 is 1.24 bits per heavy atom. The van der Waals surface area contributed by atoms with E-state index in [0.29, 0.717) is 0 Å². The number of aromatic nitrogens is 2. The minimum Gasteiger partial charge on any atom is -0.469 e. The number of pyridine rings is 2. The number of aryl methyl sites for hydroxylation is 3. The zero-order valence-electron chi connectivity index (χ0n) is 34.6. The Morgan fingerprint density at radius 3 is 1.97 bits per heavy atom. The molecule has 4 aromatic carbocycles. The third kappa shape index (κ3) is 7.20. The van der Waals surface area contributed by atoms with Crippen LogP contribution >= 0.6 is 0 Å². The zero-order chi connectivity index (χ0) is 39.4. The van der Waals surface area contributed by atoms with Crippen LogP contribution in [-0.2, 0) is 58.6 Å². The summed E-state index contributed by atoms with van der Waals surface area (Å²) in [7, 11) is 7.36. The minimum absolute atomic E-state index is 0. The second kappa shape index (κ2) is 16.2. The molecule has 58 heavy (non-hydrogen) atoms. The van der Waals surface area contributed by atoms with E-state index in [1.807, 2.05) is 4.57 Å². The Labute approximate surface area is 360 Å². The van der Waals surface area contributed by atoms with Crippen LogP contribution in [0.4, 0.5) is 0 Å². The molecule has 299 valence electrons. The first kappa shape index (κ1) is 40.1. The number of fused-ring (bicyclic) bond motifs is 6. The summed E-state index contributed by atoms with van der Waals surface area (Å²) in [5.74, 6) is 0. The zero-order valence-corrected chi connectivity index (χ0v) is 38.0. The molecule has 3 aliphatic carbocycles. The van der Waals surface area contributed by atoms with Crippen LogP contribution in [0, 0.1) is 27.9 Å². The average Bonchev–Trinajstić information content (AvgIpc) is 3.60. The number of hydrogen-bond donors (Lipinski definition) is 0. The molecule has 0 N–H and O–H groups in total. The first-order valence-corrected chi connectivity index (χ1v) is 24.7. The summed E-state index contributed by atoms with van der Waals surface area (Å²) in [6, 6.07) is 28.8. The van der Waals surface area contributed by atoms with Crippen molar-refractivity contribution in [3.8, 4) is 33.6 Å². The van der Waals surface area contributed by atoms with Gasteiger partial charge in [-0.1, -0.05) is 107 Å². The molecule has 0 saturated heterocycles. The van der Waals surface area contributed by atoms with E-state index in [0.717, 1.165) is 52.8 Å². The Balaban J connectivity index is 0.000000177. The van der Waals surface area contributed by atoms with Crippen LogP contribution in [0.1, 0.15) is 83.0 Å². The maximum Gasteiger partial charge on any atom is 0.133 e. The van der Waals surface area contributed by atoms with Crippen molar-refractivity contribution in [3.05, 3.63) is 164 Å². The van der Waals surface area contributed by atoms with E-state index in [2.05, 4.69) is 143 Å². The molecule has 3 heterocycles. The standard InChI is InChI=1S/C33H30NO.C20H26NSi.Ir/c1-21-20-28(26-16-9-12-22-10-3-5-13-24(22)26)31-27-15-7-8-17-29(27)35-33(31)30(21)32-25-14-6-4-11-23(25)18-19-34(32)2;1-15-10-11-16-8-6-7-9-18(16)20(15)19-13-12-17(14-21(19)2)22(3,4)5;/h7-9,12,15-20H,1-6,10-11,13-14H2;10-14H,1-2,6-9H2,3-5H3;/q2*-1;. The van der Waals surface area contributed by atoms with E-state index in [1.54, 1.807) is 0 Å². The molecular formula is C53H56IrN2OSi-2. The van der Waals surface area contributed by atoms with Gasteiger partial charge in [0, 0.05) is 45.0 Å². The largest absolute Gasteiger partial charge is 0.469 e. The van der Waals surface area contributed by atoms with Crippen molar-refractivity contribution in [3.63, 3.8) is 0 Å². The normalized spacial score (nSPS) is 14.8. The van der Waals surface area contributed by atoms with Gasteiger partial charge in [0.05, 0.1) is 37.4 Å². The van der Waals surface area contributed by atoms with Crippen molar-refractivity contribution in [2.75, 3.05) is 0 Å². The van der Waals surface area contributed by atoms with Crippen molar-refractivity contribution in [2.45, 2.75) is 96.7 Å². The molecule has 3 aliphatic rings. The third-order valence-corrected chi connectivity index (χ3v) is 15.0. The van der Waals surface area contributed by atoms with Crippen molar-refractivity contribution in [1.29, 1.82) is 0 Å². The van der Waals surface area contributed by atoms with E-state index in [4.69, 9.17) is 4.42 Å². The van der Waals surface area contributed by atoms with Crippen LogP contribution in [0.3, 0.4) is 0 Å². The quantitative estimate of drug-likeness (QED) is 0.0978. The van der Waals surface area contributed by atoms with E-state index in [1.165, 1.54) is 130 Å². The van der Waals surface area contributed by atoms with Crippen molar-refractivity contribution < 1.29 is 33.7 Å². The smallest absolute Gasteiger partial charge is 0.133 e. The molecular weight excluding hydrogens is 901 g/mol. The fourth-order valence-corrected chi connectivity index (χ4v) is 11.1. The first-order chi connectivity index (χ1) is 27.6. The summed E-state index contributed by atoms with van der Waals surface area (Å²) in [5, 5.41) is 3.82. The maximum atomic E-state index is 6.69. The molecule has 7 aromatic rings. The summed E-state index contributed by atoms with van der Waals surface area (Å²) >= 11 is 0. The van der Waals surface area contributed by atoms with Crippen molar-refractivity contribution in [1.82, 2.24) is 0 Å². The van der Waals surface area contributed by atoms with Crippen LogP contribution in [0.2, 0.25) is 19.6 Å². The number of rotatable bonds is 4. The molecule has 0 aliphatic heterocycles. The average molecular weight is 957 g/mol. The molecule has 0 saturated carbocycles. The topological polar surface area (TPSA) is 20.9 Å². The molecule has 0 unspecified atom stereocenters. The van der Waals surface area contributed by atoms with E-state index in [-0.39, 0.29) is 20.1 Å². The monoisotopic (exact) mass is 957 g/mol. The van der Waals surface area contributed by atoms with Gasteiger partial charge in [-0.25, -0.2) is 0 Å². The molecule has 0 spiro atoms. The van der Waals surface area contributed by atoms with Crippen LogP contribution < -0.4 is 14.3 Å². The van der Waals surface area contributed by atoms with Gasteiger partial charge in [0.15, 0.2) is 0 Å². The van der Waals surface area contributed by atoms with E-state index >= 15 is 0 Å². The molecule has 10 rings (SSSR count). The fraction of sp³-hybridized carbons (Fsp3) is 0.283. The summed E-state index contributed by atoms with van der Waals surface area (Å²) in [6.07, 6.45) is 18.8. The number of furan rings is 1. The van der Waals surface area contributed by atoms with E-state index < -0.39 is 8.07 Å². The molecule has 3 nitrogen and oxygen atoms in total. The Hall–Kier alpha value is -4.67. The summed E-state index contributed by atoms with van der Waals surface area (Å²) in [6.45, 7) is 16.0. The Bertz CT molecular complexity index is 2680. The van der Waals surface area contributed by atoms with Gasteiger partial charge in [0.1, 0.15) is 5.58 Å². The van der Waals surface area contributed by atoms with Gasteiger partial charge in [-0.2, -0.15) is 37.1 Å². The van der Waals surface area contributed by atoms with Gasteiger partial charge in [0.25, 0.3) is 0 Å². The summed E-state index contributed by atoms with van der Waals surface area (Å²) < 4.78 is 10.8. The van der Waals surface area contributed by atoms with Gasteiger partial charge < -0.3 is 13.6 Å². The Kier molecular flexibility index (Phi) is 11.2. The molecule has 0 fully saturated rings. The van der Waals surface area contributed by atoms with Crippen molar-refractivity contribution >= 4 is 35.2 Å². The van der Waals surface area contributed by atoms with Crippen LogP contribution in [0.5, 0.6) is 0 Å². The number of hydrogen-bond acceptors (Lipinski definition) is 1. The van der Waals surface area contributed by atoms with Gasteiger partial charge in [-0.3, -0.25) is 0 Å². The number of nitrogens with zero attached hydrogens (tertiary/aromatic N) is 2. The van der Waals surface area contributed by atoms with Gasteiger partial charge in [-0.15, -0.1) is 11.6 Å². The first-order valence-electron chi connectivity index (χ1n) is 21.2. The molecule has 3 aromatic heterocycles. The second-order valence-electron chi connectivity index (χ2n) is 17.7. The molecule has 5 heteroatoms. The molecule has 0 bridgehead atoms. The summed E-state index contributed by atoms with van der Waals surface area (Å²) in [4.78, 5) is 0. The third-order valence-electron chi connectivity index (χ3n) is 13.0. The fourth-order valence-electron chi connectivity index (χ4n) is 9.98. The van der Waals surface area contributed by atoms with E-state index in [9.17, 15) is 0 Å². The van der Waals surface area contributed by atoms with Gasteiger partial charge in [0.2, 0.25) is 0 Å². The molecule has 1 radical (unpaired) electrons. The number of benzene rings is 4. The van der Waals surface area contributed by atoms with Crippen molar-refractivity contribution in [2.24, 2.45) is 0 Å². The minimum atomic E-state index is -1.31. The second-order valence-corrected chi connectivity index (χ2v) is 22.8. The van der Waals surface area contributed by atoms with Crippen LogP contribution in [-0.4, -0.2) is 8.07 Å². The molecule has 0 atom stereocenters. The maximum absolute atomic E-state index is 6.69. The SMILES string of the molecule is [CH2-]c1cc(-c2cccc3c2CCCC3)c2c(oc3ccccc32)c1-c1c2c(cc[n+]1[CH2-])CCCC2.[CH2-]c1ccc2c(c1-c1ccc([Si](C)(C)C)c[n+]1[CH2-])CCCC2.[Ir]. The van der Waals surface area contributed by atoms with Gasteiger partial charge >= 0.3 is 0 Å². The predicted octanol–water partition coefficient (Wildman–Crippen LogP) is 11.7. The Morgan fingerprint density at radius 1 is 0.586 bits per heavy atom. The summed E-state index contributed by atoms with van der Waals surface area (Å²) in [5.41, 5.74) is 20.2. The number of para-hydroxylation sites is 1.